The van der Waals surface area contributed by atoms with E-state index in [1.807, 2.05) is 24.3 Å². The van der Waals surface area contributed by atoms with E-state index in [1.165, 1.54) is 18.2 Å². The first-order valence-electron chi connectivity index (χ1n) is 10.1. The van der Waals surface area contributed by atoms with Gasteiger partial charge in [-0.3, -0.25) is 9.59 Å². The molecule has 0 heterocycles. The lowest BCUT2D eigenvalue weighted by Crippen LogP contribution is -2.28. The van der Waals surface area contributed by atoms with Crippen molar-refractivity contribution in [1.29, 1.82) is 0 Å². The molecule has 0 saturated heterocycles. The summed E-state index contributed by atoms with van der Waals surface area (Å²) in [6.07, 6.45) is 4.19. The van der Waals surface area contributed by atoms with Crippen LogP contribution in [0.1, 0.15) is 55.7 Å². The largest absolute Gasteiger partial charge is 0.410 e. The number of hydrogen-bond acceptors (Lipinski definition) is 4. The Kier molecular flexibility index (Phi) is 7.00. The van der Waals surface area contributed by atoms with E-state index in [4.69, 9.17) is 5.21 Å². The van der Waals surface area contributed by atoms with Crippen molar-refractivity contribution < 1.29 is 14.8 Å². The fraction of sp³-hybridized carbons (Fsp3) is 0.348. The van der Waals surface area contributed by atoms with E-state index < -0.39 is 0 Å². The molecule has 2 amide bonds. The summed E-state index contributed by atoms with van der Waals surface area (Å²) in [5.41, 5.74) is 4.81. The average molecular weight is 393 g/mol. The van der Waals surface area contributed by atoms with Crippen molar-refractivity contribution in [2.75, 3.05) is 7.05 Å². The number of unbranched alkanes of at least 4 members (excludes halogenated alkanes) is 3. The minimum absolute atomic E-state index is 0.0458. The molecular weight excluding hydrogens is 366 g/mol. The molecule has 6 heteroatoms. The highest BCUT2D eigenvalue weighted by Gasteiger charge is 2.28. The summed E-state index contributed by atoms with van der Waals surface area (Å²) in [5, 5.41) is 17.5. The van der Waals surface area contributed by atoms with E-state index in [1.54, 1.807) is 0 Å². The number of oxime groups is 1. The van der Waals surface area contributed by atoms with Crippen molar-refractivity contribution in [2.45, 2.75) is 44.6 Å². The molecule has 6 nitrogen and oxygen atoms in total. The van der Waals surface area contributed by atoms with Crippen molar-refractivity contribution in [3.63, 3.8) is 0 Å². The Hall–Kier alpha value is -3.15. The highest BCUT2D eigenvalue weighted by molar-refractivity contribution is 6.38. The van der Waals surface area contributed by atoms with Crippen LogP contribution in [-0.2, 0) is 9.59 Å². The van der Waals surface area contributed by atoms with E-state index >= 15 is 0 Å². The lowest BCUT2D eigenvalue weighted by atomic mass is 10.0. The summed E-state index contributed by atoms with van der Waals surface area (Å²) < 4.78 is 0. The molecule has 0 spiro atoms. The Labute approximate surface area is 171 Å². The number of rotatable bonds is 9. The number of carbonyl (C=O) groups is 2. The lowest BCUT2D eigenvalue weighted by Gasteiger charge is -2.16. The zero-order valence-electron chi connectivity index (χ0n) is 16.6. The summed E-state index contributed by atoms with van der Waals surface area (Å²) in [6.45, 7) is 0. The zero-order chi connectivity index (χ0) is 20.6. The second-order valence-electron chi connectivity index (χ2n) is 7.22. The van der Waals surface area contributed by atoms with Gasteiger partial charge >= 0.3 is 0 Å². The van der Waals surface area contributed by atoms with Gasteiger partial charge in [0.1, 0.15) is 5.71 Å². The molecule has 2 aromatic rings. The van der Waals surface area contributed by atoms with Gasteiger partial charge in [0.05, 0.1) is 6.04 Å². The highest BCUT2D eigenvalue weighted by atomic mass is 16.4. The highest BCUT2D eigenvalue weighted by Crippen LogP contribution is 2.42. The molecule has 0 saturated carbocycles. The van der Waals surface area contributed by atoms with Gasteiger partial charge in [0, 0.05) is 13.5 Å². The quantitative estimate of drug-likeness (QED) is 0.262. The van der Waals surface area contributed by atoms with Crippen LogP contribution in [0.4, 0.5) is 0 Å². The molecule has 0 bridgehead atoms. The number of nitrogens with zero attached hydrogens (tertiary/aromatic N) is 1. The second-order valence-corrected chi connectivity index (χ2v) is 7.22. The van der Waals surface area contributed by atoms with Gasteiger partial charge in [-0.15, -0.1) is 0 Å². The van der Waals surface area contributed by atoms with Gasteiger partial charge in [-0.25, -0.2) is 0 Å². The van der Waals surface area contributed by atoms with Crippen molar-refractivity contribution in [1.82, 2.24) is 10.6 Å². The van der Waals surface area contributed by atoms with E-state index in [9.17, 15) is 9.59 Å². The van der Waals surface area contributed by atoms with E-state index in [0.29, 0.717) is 12.8 Å². The smallest absolute Gasteiger partial charge is 0.268 e. The van der Waals surface area contributed by atoms with Crippen molar-refractivity contribution in [3.8, 4) is 11.1 Å². The van der Waals surface area contributed by atoms with Gasteiger partial charge in [-0.1, -0.05) is 66.5 Å². The number of benzene rings is 2. The van der Waals surface area contributed by atoms with Crippen LogP contribution in [0.15, 0.2) is 53.7 Å². The molecule has 0 atom stereocenters. The molecule has 0 aromatic heterocycles. The molecule has 0 fully saturated rings. The van der Waals surface area contributed by atoms with Crippen LogP contribution < -0.4 is 10.6 Å². The number of fused-ring (bicyclic) bond motifs is 3. The van der Waals surface area contributed by atoms with Crippen LogP contribution >= 0.6 is 0 Å². The topological polar surface area (TPSA) is 90.8 Å². The van der Waals surface area contributed by atoms with E-state index in [0.717, 1.165) is 36.8 Å². The van der Waals surface area contributed by atoms with Gasteiger partial charge in [-0.2, -0.15) is 0 Å². The van der Waals surface area contributed by atoms with Crippen LogP contribution in [0, 0.1) is 0 Å². The number of hydrogen-bond donors (Lipinski definition) is 3. The minimum Gasteiger partial charge on any atom is -0.410 e. The minimum atomic E-state index is -0.357. The first-order chi connectivity index (χ1) is 14.2. The first kappa shape index (κ1) is 20.6. The van der Waals surface area contributed by atoms with E-state index in [-0.39, 0.29) is 23.6 Å². The third kappa shape index (κ3) is 4.83. The van der Waals surface area contributed by atoms with Crippen LogP contribution in [-0.4, -0.2) is 29.8 Å². The standard InChI is InChI=1S/C23H27N3O3/c1-24-23(28)20(26-29)14-4-2-3-5-15-21(27)25-22-18-12-8-6-10-16(18)17-11-7-9-13-19(17)22/h6-13,22,29H,2-5,14-15H2,1H3,(H,24,28)(H,25,27)/b26-20-. The van der Waals surface area contributed by atoms with Gasteiger partial charge in [0.15, 0.2) is 0 Å². The van der Waals surface area contributed by atoms with E-state index in [2.05, 4.69) is 40.1 Å². The van der Waals surface area contributed by atoms with Crippen molar-refractivity contribution in [2.24, 2.45) is 5.16 Å². The molecule has 0 radical (unpaired) electrons. The summed E-state index contributed by atoms with van der Waals surface area (Å²) in [6, 6.07) is 16.3. The van der Waals surface area contributed by atoms with Crippen molar-refractivity contribution in [3.05, 3.63) is 59.7 Å². The van der Waals surface area contributed by atoms with Crippen LogP contribution in [0.2, 0.25) is 0 Å². The second kappa shape index (κ2) is 9.87. The first-order valence-corrected chi connectivity index (χ1v) is 10.1. The third-order valence-electron chi connectivity index (χ3n) is 5.32. The maximum absolute atomic E-state index is 12.5. The molecule has 3 N–H and O–H groups in total. The Morgan fingerprint density at radius 1 is 0.897 bits per heavy atom. The summed E-state index contributed by atoms with van der Waals surface area (Å²) in [5.74, 6) is -0.312. The fourth-order valence-electron chi connectivity index (χ4n) is 3.83. The van der Waals surface area contributed by atoms with Crippen molar-refractivity contribution >= 4 is 17.5 Å². The average Bonchev–Trinajstić information content (AvgIpc) is 3.07. The van der Waals surface area contributed by atoms with Gasteiger partial charge in [0.25, 0.3) is 5.91 Å². The fourth-order valence-corrected chi connectivity index (χ4v) is 3.83. The Morgan fingerprint density at radius 2 is 1.45 bits per heavy atom. The SMILES string of the molecule is CNC(=O)/C(CCCCCCC(=O)NC1c2ccccc2-c2ccccc21)=N\O. The monoisotopic (exact) mass is 393 g/mol. The predicted molar refractivity (Wildman–Crippen MR) is 113 cm³/mol. The Morgan fingerprint density at radius 3 is 2.00 bits per heavy atom. The number of carbonyl (C=O) groups excluding carboxylic acids is 2. The summed E-state index contributed by atoms with van der Waals surface area (Å²) in [4.78, 5) is 24.0. The molecule has 3 rings (SSSR count). The number of nitrogens with one attached hydrogen (secondary N) is 2. The molecule has 0 aliphatic heterocycles. The normalized spacial score (nSPS) is 12.9. The van der Waals surface area contributed by atoms with Gasteiger partial charge in [-0.05, 0) is 41.5 Å². The molecule has 29 heavy (non-hydrogen) atoms. The van der Waals surface area contributed by atoms with Crippen LogP contribution in [0.3, 0.4) is 0 Å². The Bertz CT molecular complexity index is 862. The van der Waals surface area contributed by atoms with Crippen LogP contribution in [0.5, 0.6) is 0 Å². The number of amides is 2. The summed E-state index contributed by atoms with van der Waals surface area (Å²) in [7, 11) is 1.51. The molecule has 2 aromatic carbocycles. The molecular formula is C23H27N3O3. The predicted octanol–water partition coefficient (Wildman–Crippen LogP) is 3.79. The Balaban J connectivity index is 1.45. The maximum atomic E-state index is 12.5. The van der Waals surface area contributed by atoms with Crippen LogP contribution in [0.25, 0.3) is 11.1 Å². The summed E-state index contributed by atoms with van der Waals surface area (Å²) >= 11 is 0. The van der Waals surface area contributed by atoms with Gasteiger partial charge < -0.3 is 15.8 Å². The van der Waals surface area contributed by atoms with Gasteiger partial charge in [0.2, 0.25) is 5.91 Å². The maximum Gasteiger partial charge on any atom is 0.268 e. The lowest BCUT2D eigenvalue weighted by molar-refractivity contribution is -0.121. The molecule has 1 aliphatic rings. The molecule has 152 valence electrons. The molecule has 0 unspecified atom stereocenters. The molecule has 1 aliphatic carbocycles. The third-order valence-corrected chi connectivity index (χ3v) is 5.32. The zero-order valence-corrected chi connectivity index (χ0v) is 16.6.